The van der Waals surface area contributed by atoms with Gasteiger partial charge in [-0.05, 0) is 42.7 Å². The highest BCUT2D eigenvalue weighted by molar-refractivity contribution is 9.10. The van der Waals surface area contributed by atoms with E-state index in [1.807, 2.05) is 6.92 Å². The lowest BCUT2D eigenvalue weighted by molar-refractivity contribution is -0.0342. The van der Waals surface area contributed by atoms with E-state index in [-0.39, 0.29) is 6.10 Å². The molecule has 0 bridgehead atoms. The predicted octanol–water partition coefficient (Wildman–Crippen LogP) is 2.76. The minimum atomic E-state index is -0.0282. The summed E-state index contributed by atoms with van der Waals surface area (Å²) in [5.41, 5.74) is 0.946. The normalized spacial score (nSPS) is 20.1. The summed E-state index contributed by atoms with van der Waals surface area (Å²) in [7, 11) is 0. The van der Waals surface area contributed by atoms with Gasteiger partial charge in [-0.25, -0.2) is 9.97 Å². The number of nitrogens with one attached hydrogen (secondary N) is 1. The molecule has 0 saturated carbocycles. The number of ether oxygens (including phenoxy) is 1. The minimum absolute atomic E-state index is 0.0282. The second-order valence-electron chi connectivity index (χ2n) is 5.02. The van der Waals surface area contributed by atoms with E-state index in [1.165, 1.54) is 0 Å². The van der Waals surface area contributed by atoms with Crippen LogP contribution in [0.2, 0.25) is 0 Å². The van der Waals surface area contributed by atoms with Crippen molar-refractivity contribution in [2.24, 2.45) is 0 Å². The number of hydrogen-bond acceptors (Lipinski definition) is 5. The Morgan fingerprint density at radius 1 is 1.40 bits per heavy atom. The Morgan fingerprint density at radius 2 is 2.20 bits per heavy atom. The number of rotatable bonds is 5. The standard InChI is InChI=1S/C14H23BrN4O/c1-4-6-19-7-8-20-11(9-19)13-17-10(3)12(15)14(18-13)16-5-2/h11H,4-9H2,1-3H3,(H,16,17,18). The zero-order valence-electron chi connectivity index (χ0n) is 12.4. The fourth-order valence-electron chi connectivity index (χ4n) is 2.39. The molecule has 0 aliphatic carbocycles. The SMILES string of the molecule is CCCN1CCOC(c2nc(C)c(Br)c(NCC)n2)C1. The third kappa shape index (κ3) is 3.68. The largest absolute Gasteiger partial charge is 0.369 e. The lowest BCUT2D eigenvalue weighted by atomic mass is 10.2. The van der Waals surface area contributed by atoms with Gasteiger partial charge in [0.25, 0.3) is 0 Å². The highest BCUT2D eigenvalue weighted by Crippen LogP contribution is 2.27. The number of aryl methyl sites for hydroxylation is 1. The number of anilines is 1. The van der Waals surface area contributed by atoms with Crippen molar-refractivity contribution in [3.05, 3.63) is 16.0 Å². The van der Waals surface area contributed by atoms with Crippen molar-refractivity contribution in [3.8, 4) is 0 Å². The summed E-state index contributed by atoms with van der Waals surface area (Å²) in [5, 5.41) is 3.27. The van der Waals surface area contributed by atoms with Crippen molar-refractivity contribution in [2.45, 2.75) is 33.3 Å². The predicted molar refractivity (Wildman–Crippen MR) is 84.1 cm³/mol. The van der Waals surface area contributed by atoms with E-state index >= 15 is 0 Å². The first-order chi connectivity index (χ1) is 9.65. The topological polar surface area (TPSA) is 50.3 Å². The molecule has 2 rings (SSSR count). The second kappa shape index (κ2) is 7.33. The molecule has 6 heteroatoms. The van der Waals surface area contributed by atoms with Crippen molar-refractivity contribution in [1.82, 2.24) is 14.9 Å². The summed E-state index contributed by atoms with van der Waals surface area (Å²) in [6, 6.07) is 0. The maximum atomic E-state index is 5.86. The van der Waals surface area contributed by atoms with Crippen LogP contribution in [0.4, 0.5) is 5.82 Å². The fraction of sp³-hybridized carbons (Fsp3) is 0.714. The van der Waals surface area contributed by atoms with E-state index in [4.69, 9.17) is 4.74 Å². The average molecular weight is 343 g/mol. The summed E-state index contributed by atoms with van der Waals surface area (Å²) < 4.78 is 6.79. The van der Waals surface area contributed by atoms with Gasteiger partial charge in [0.05, 0.1) is 16.8 Å². The monoisotopic (exact) mass is 342 g/mol. The van der Waals surface area contributed by atoms with Gasteiger partial charge in [-0.1, -0.05) is 6.92 Å². The molecule has 0 aromatic carbocycles. The lowest BCUT2D eigenvalue weighted by Gasteiger charge is -2.32. The minimum Gasteiger partial charge on any atom is -0.369 e. The molecule has 0 spiro atoms. The molecule has 1 aromatic heterocycles. The molecule has 1 N–H and O–H groups in total. The van der Waals surface area contributed by atoms with Gasteiger partial charge < -0.3 is 10.1 Å². The molecule has 20 heavy (non-hydrogen) atoms. The molecule has 1 atom stereocenters. The third-order valence-electron chi connectivity index (χ3n) is 3.36. The van der Waals surface area contributed by atoms with Gasteiger partial charge in [0, 0.05) is 19.6 Å². The summed E-state index contributed by atoms with van der Waals surface area (Å²) in [6.45, 7) is 10.8. The van der Waals surface area contributed by atoms with Crippen LogP contribution < -0.4 is 5.32 Å². The third-order valence-corrected chi connectivity index (χ3v) is 4.31. The highest BCUT2D eigenvalue weighted by atomic mass is 79.9. The molecule has 0 radical (unpaired) electrons. The molecule has 112 valence electrons. The van der Waals surface area contributed by atoms with Crippen LogP contribution in [-0.2, 0) is 4.74 Å². The van der Waals surface area contributed by atoms with Crippen LogP contribution in [0.1, 0.15) is 37.9 Å². The van der Waals surface area contributed by atoms with Crippen LogP contribution in [0, 0.1) is 6.92 Å². The van der Waals surface area contributed by atoms with Crippen LogP contribution in [0.3, 0.4) is 0 Å². The molecule has 5 nitrogen and oxygen atoms in total. The van der Waals surface area contributed by atoms with Gasteiger partial charge in [0.15, 0.2) is 5.82 Å². The van der Waals surface area contributed by atoms with Gasteiger partial charge in [-0.15, -0.1) is 0 Å². The van der Waals surface area contributed by atoms with Crippen LogP contribution >= 0.6 is 15.9 Å². The number of nitrogens with zero attached hydrogens (tertiary/aromatic N) is 3. The van der Waals surface area contributed by atoms with Gasteiger partial charge in [0.1, 0.15) is 11.9 Å². The van der Waals surface area contributed by atoms with Crippen molar-refractivity contribution in [3.63, 3.8) is 0 Å². The van der Waals surface area contributed by atoms with Crippen molar-refractivity contribution in [2.75, 3.05) is 38.1 Å². The summed E-state index contributed by atoms with van der Waals surface area (Å²) >= 11 is 3.54. The summed E-state index contributed by atoms with van der Waals surface area (Å²) in [5.74, 6) is 1.63. The van der Waals surface area contributed by atoms with Gasteiger partial charge in [-0.2, -0.15) is 0 Å². The van der Waals surface area contributed by atoms with Gasteiger partial charge >= 0.3 is 0 Å². The molecule has 1 unspecified atom stereocenters. The molecule has 1 aliphatic rings. The van der Waals surface area contributed by atoms with Crippen molar-refractivity contribution >= 4 is 21.7 Å². The zero-order chi connectivity index (χ0) is 14.5. The van der Waals surface area contributed by atoms with E-state index in [9.17, 15) is 0 Å². The lowest BCUT2D eigenvalue weighted by Crippen LogP contribution is -2.39. The Balaban J connectivity index is 2.19. The van der Waals surface area contributed by atoms with Crippen molar-refractivity contribution in [1.29, 1.82) is 0 Å². The number of halogens is 1. The maximum Gasteiger partial charge on any atom is 0.161 e. The number of aromatic nitrogens is 2. The van der Waals surface area contributed by atoms with Crippen LogP contribution in [0.25, 0.3) is 0 Å². The average Bonchev–Trinajstić information content (AvgIpc) is 2.44. The molecule has 1 saturated heterocycles. The molecule has 0 amide bonds. The molecule has 1 aliphatic heterocycles. The number of morpholine rings is 1. The summed E-state index contributed by atoms with van der Waals surface area (Å²) in [4.78, 5) is 11.6. The summed E-state index contributed by atoms with van der Waals surface area (Å²) in [6.07, 6.45) is 1.13. The molecular weight excluding hydrogens is 320 g/mol. The molecule has 1 fully saturated rings. The fourth-order valence-corrected chi connectivity index (χ4v) is 2.71. The van der Waals surface area contributed by atoms with E-state index in [0.717, 1.165) is 61.0 Å². The van der Waals surface area contributed by atoms with Gasteiger partial charge in [0.2, 0.25) is 0 Å². The van der Waals surface area contributed by atoms with Crippen LogP contribution in [0.5, 0.6) is 0 Å². The Hall–Kier alpha value is -0.720. The second-order valence-corrected chi connectivity index (χ2v) is 5.81. The quantitative estimate of drug-likeness (QED) is 0.891. The Labute approximate surface area is 129 Å². The first-order valence-corrected chi connectivity index (χ1v) is 8.06. The van der Waals surface area contributed by atoms with E-state index in [2.05, 4.69) is 50.0 Å². The van der Waals surface area contributed by atoms with E-state index < -0.39 is 0 Å². The molecule has 1 aromatic rings. The van der Waals surface area contributed by atoms with Crippen LogP contribution in [0.15, 0.2) is 4.47 Å². The Kier molecular flexibility index (Phi) is 5.74. The van der Waals surface area contributed by atoms with Gasteiger partial charge in [-0.3, -0.25) is 4.90 Å². The smallest absolute Gasteiger partial charge is 0.161 e. The van der Waals surface area contributed by atoms with E-state index in [1.54, 1.807) is 0 Å². The molecule has 2 heterocycles. The maximum absolute atomic E-state index is 5.86. The van der Waals surface area contributed by atoms with E-state index in [0.29, 0.717) is 0 Å². The van der Waals surface area contributed by atoms with Crippen molar-refractivity contribution < 1.29 is 4.74 Å². The molecular formula is C14H23BrN4O. The first kappa shape index (κ1) is 15.7. The Bertz CT molecular complexity index is 453. The Morgan fingerprint density at radius 3 is 2.90 bits per heavy atom. The highest BCUT2D eigenvalue weighted by Gasteiger charge is 2.25. The van der Waals surface area contributed by atoms with Crippen LogP contribution in [-0.4, -0.2) is 47.7 Å². The first-order valence-electron chi connectivity index (χ1n) is 7.27. The zero-order valence-corrected chi connectivity index (χ0v) is 14.0. The number of hydrogen-bond donors (Lipinski definition) is 1.